The standard InChI is InChI=1S/C16H26N2O2/c1-18(12-14-6-4-5-9-17-14)11-13-7-8-15(19-2)16(10-13)20-3/h7-8,10,14,17H,4-6,9,11-12H2,1-3H3. The third kappa shape index (κ3) is 4.12. The van der Waals surface area contributed by atoms with Crippen LogP contribution < -0.4 is 14.8 Å². The number of likely N-dealkylation sites (N-methyl/N-ethyl adjacent to an activating group) is 1. The minimum atomic E-state index is 0.633. The number of benzene rings is 1. The van der Waals surface area contributed by atoms with Gasteiger partial charge in [-0.3, -0.25) is 0 Å². The Balaban J connectivity index is 1.91. The molecule has 4 heteroatoms. The van der Waals surface area contributed by atoms with Gasteiger partial charge in [-0.15, -0.1) is 0 Å². The maximum Gasteiger partial charge on any atom is 0.161 e. The molecule has 1 saturated heterocycles. The maximum absolute atomic E-state index is 5.35. The van der Waals surface area contributed by atoms with E-state index >= 15 is 0 Å². The van der Waals surface area contributed by atoms with Gasteiger partial charge in [0, 0.05) is 19.1 Å². The first-order valence-electron chi connectivity index (χ1n) is 7.35. The van der Waals surface area contributed by atoms with E-state index < -0.39 is 0 Å². The summed E-state index contributed by atoms with van der Waals surface area (Å²) in [6, 6.07) is 6.77. The zero-order valence-electron chi connectivity index (χ0n) is 12.8. The number of methoxy groups -OCH3 is 2. The van der Waals surface area contributed by atoms with E-state index in [1.165, 1.54) is 24.8 Å². The number of hydrogen-bond acceptors (Lipinski definition) is 4. The Morgan fingerprint density at radius 1 is 1.20 bits per heavy atom. The van der Waals surface area contributed by atoms with Crippen molar-refractivity contribution in [1.82, 2.24) is 10.2 Å². The zero-order valence-corrected chi connectivity index (χ0v) is 12.8. The second-order valence-electron chi connectivity index (χ2n) is 5.53. The molecule has 1 fully saturated rings. The van der Waals surface area contributed by atoms with Crippen molar-refractivity contribution >= 4 is 0 Å². The number of hydrogen-bond donors (Lipinski definition) is 1. The van der Waals surface area contributed by atoms with Crippen molar-refractivity contribution in [3.8, 4) is 11.5 Å². The number of ether oxygens (including phenoxy) is 2. The Kier molecular flexibility index (Phi) is 5.68. The molecule has 1 aliphatic rings. The van der Waals surface area contributed by atoms with Crippen LogP contribution in [0.3, 0.4) is 0 Å². The van der Waals surface area contributed by atoms with Gasteiger partial charge in [0.25, 0.3) is 0 Å². The summed E-state index contributed by atoms with van der Waals surface area (Å²) in [5.41, 5.74) is 1.25. The minimum Gasteiger partial charge on any atom is -0.493 e. The molecule has 0 spiro atoms. The summed E-state index contributed by atoms with van der Waals surface area (Å²) in [4.78, 5) is 2.37. The fraction of sp³-hybridized carbons (Fsp3) is 0.625. The lowest BCUT2D eigenvalue weighted by Crippen LogP contribution is -2.42. The summed E-state index contributed by atoms with van der Waals surface area (Å²) in [6.07, 6.45) is 3.95. The average Bonchev–Trinajstić information content (AvgIpc) is 2.48. The van der Waals surface area contributed by atoms with Crippen molar-refractivity contribution in [1.29, 1.82) is 0 Å². The lowest BCUT2D eigenvalue weighted by atomic mass is 10.0. The molecule has 112 valence electrons. The second-order valence-corrected chi connectivity index (χ2v) is 5.53. The fourth-order valence-electron chi connectivity index (χ4n) is 2.81. The van der Waals surface area contributed by atoms with Crippen LogP contribution in [0.25, 0.3) is 0 Å². The molecule has 1 aromatic rings. The van der Waals surface area contributed by atoms with Crippen LogP contribution >= 0.6 is 0 Å². The normalized spacial score (nSPS) is 19.1. The van der Waals surface area contributed by atoms with E-state index in [9.17, 15) is 0 Å². The van der Waals surface area contributed by atoms with Crippen molar-refractivity contribution < 1.29 is 9.47 Å². The summed E-state index contributed by atoms with van der Waals surface area (Å²) in [6.45, 7) is 3.18. The highest BCUT2D eigenvalue weighted by Gasteiger charge is 2.15. The van der Waals surface area contributed by atoms with E-state index in [1.54, 1.807) is 14.2 Å². The van der Waals surface area contributed by atoms with Gasteiger partial charge in [-0.2, -0.15) is 0 Å². The van der Waals surface area contributed by atoms with Gasteiger partial charge in [0.2, 0.25) is 0 Å². The summed E-state index contributed by atoms with van der Waals surface area (Å²) in [5, 5.41) is 3.59. The molecule has 0 saturated carbocycles. The van der Waals surface area contributed by atoms with Gasteiger partial charge < -0.3 is 19.7 Å². The van der Waals surface area contributed by atoms with Gasteiger partial charge >= 0.3 is 0 Å². The van der Waals surface area contributed by atoms with Gasteiger partial charge in [0.05, 0.1) is 14.2 Å². The Bertz CT molecular complexity index is 417. The molecule has 0 aliphatic carbocycles. The highest BCUT2D eigenvalue weighted by Crippen LogP contribution is 2.27. The summed E-state index contributed by atoms with van der Waals surface area (Å²) >= 11 is 0. The van der Waals surface area contributed by atoms with E-state index in [-0.39, 0.29) is 0 Å². The summed E-state index contributed by atoms with van der Waals surface area (Å²) < 4.78 is 10.6. The van der Waals surface area contributed by atoms with Gasteiger partial charge in [-0.25, -0.2) is 0 Å². The third-order valence-electron chi connectivity index (χ3n) is 3.84. The molecule has 1 aliphatic heterocycles. The Morgan fingerprint density at radius 3 is 2.65 bits per heavy atom. The van der Waals surface area contributed by atoms with Crippen LogP contribution in [0.4, 0.5) is 0 Å². The van der Waals surface area contributed by atoms with Gasteiger partial charge in [-0.05, 0) is 44.1 Å². The molecule has 1 unspecified atom stereocenters. The Hall–Kier alpha value is -1.26. The molecule has 2 rings (SSSR count). The van der Waals surface area contributed by atoms with Crippen LogP contribution in [-0.4, -0.2) is 45.3 Å². The second kappa shape index (κ2) is 7.50. The lowest BCUT2D eigenvalue weighted by Gasteiger charge is -2.28. The SMILES string of the molecule is COc1ccc(CN(C)CC2CCCCN2)cc1OC. The molecule has 1 aromatic carbocycles. The Morgan fingerprint density at radius 2 is 2.00 bits per heavy atom. The summed E-state index contributed by atoms with van der Waals surface area (Å²) in [7, 11) is 5.52. The van der Waals surface area contributed by atoms with E-state index in [0.29, 0.717) is 6.04 Å². The average molecular weight is 278 g/mol. The van der Waals surface area contributed by atoms with Crippen LogP contribution in [0.15, 0.2) is 18.2 Å². The molecule has 1 heterocycles. The van der Waals surface area contributed by atoms with Crippen LogP contribution in [0.1, 0.15) is 24.8 Å². The fourth-order valence-corrected chi connectivity index (χ4v) is 2.81. The molecule has 4 nitrogen and oxygen atoms in total. The van der Waals surface area contributed by atoms with E-state index in [0.717, 1.165) is 31.1 Å². The molecule has 1 N–H and O–H groups in total. The van der Waals surface area contributed by atoms with E-state index in [2.05, 4.69) is 29.4 Å². The van der Waals surface area contributed by atoms with E-state index in [1.807, 2.05) is 6.07 Å². The van der Waals surface area contributed by atoms with Crippen LogP contribution in [-0.2, 0) is 6.54 Å². The molecule has 0 amide bonds. The predicted molar refractivity (Wildman–Crippen MR) is 81.5 cm³/mol. The van der Waals surface area contributed by atoms with Gasteiger partial charge in [-0.1, -0.05) is 12.5 Å². The zero-order chi connectivity index (χ0) is 14.4. The topological polar surface area (TPSA) is 33.7 Å². The monoisotopic (exact) mass is 278 g/mol. The molecular formula is C16H26N2O2. The molecule has 0 aromatic heterocycles. The lowest BCUT2D eigenvalue weighted by molar-refractivity contribution is 0.256. The largest absolute Gasteiger partial charge is 0.493 e. The Labute approximate surface area is 122 Å². The van der Waals surface area contributed by atoms with Crippen molar-refractivity contribution in [2.45, 2.75) is 31.8 Å². The first-order chi connectivity index (χ1) is 9.72. The first kappa shape index (κ1) is 15.1. The van der Waals surface area contributed by atoms with Gasteiger partial charge in [0.1, 0.15) is 0 Å². The number of rotatable bonds is 6. The predicted octanol–water partition coefficient (Wildman–Crippen LogP) is 2.28. The molecule has 0 bridgehead atoms. The van der Waals surface area contributed by atoms with Crippen LogP contribution in [0.5, 0.6) is 11.5 Å². The first-order valence-corrected chi connectivity index (χ1v) is 7.35. The number of piperidine rings is 1. The smallest absolute Gasteiger partial charge is 0.161 e. The van der Waals surface area contributed by atoms with Crippen LogP contribution in [0.2, 0.25) is 0 Å². The minimum absolute atomic E-state index is 0.633. The van der Waals surface area contributed by atoms with Crippen molar-refractivity contribution in [3.05, 3.63) is 23.8 Å². The number of nitrogens with one attached hydrogen (secondary N) is 1. The summed E-state index contributed by atoms with van der Waals surface area (Å²) in [5.74, 6) is 1.59. The highest BCUT2D eigenvalue weighted by molar-refractivity contribution is 5.42. The number of nitrogens with zero attached hydrogens (tertiary/aromatic N) is 1. The quantitative estimate of drug-likeness (QED) is 0.865. The van der Waals surface area contributed by atoms with Crippen LogP contribution in [0, 0.1) is 0 Å². The molecular weight excluding hydrogens is 252 g/mol. The van der Waals surface area contributed by atoms with Crippen molar-refractivity contribution in [2.24, 2.45) is 0 Å². The van der Waals surface area contributed by atoms with Crippen molar-refractivity contribution in [3.63, 3.8) is 0 Å². The molecule has 20 heavy (non-hydrogen) atoms. The third-order valence-corrected chi connectivity index (χ3v) is 3.84. The van der Waals surface area contributed by atoms with Gasteiger partial charge in [0.15, 0.2) is 11.5 Å². The highest BCUT2D eigenvalue weighted by atomic mass is 16.5. The molecule has 1 atom stereocenters. The molecule has 0 radical (unpaired) electrons. The van der Waals surface area contributed by atoms with Crippen molar-refractivity contribution in [2.75, 3.05) is 34.4 Å². The van der Waals surface area contributed by atoms with E-state index in [4.69, 9.17) is 9.47 Å². The maximum atomic E-state index is 5.35.